The lowest BCUT2D eigenvalue weighted by Gasteiger charge is -2.10. The van der Waals surface area contributed by atoms with E-state index in [2.05, 4.69) is 15.2 Å². The number of carbonyl (C=O) groups is 1. The van der Waals surface area contributed by atoms with Gasteiger partial charge in [-0.25, -0.2) is 4.98 Å². The highest BCUT2D eigenvalue weighted by Crippen LogP contribution is 2.30. The van der Waals surface area contributed by atoms with Gasteiger partial charge in [-0.15, -0.1) is 5.10 Å². The van der Waals surface area contributed by atoms with Gasteiger partial charge in [0.2, 0.25) is 5.16 Å². The molecule has 0 amide bonds. The largest absolute Gasteiger partial charge is 0.544 e. The summed E-state index contributed by atoms with van der Waals surface area (Å²) >= 11 is 0.916. The van der Waals surface area contributed by atoms with E-state index in [-0.39, 0.29) is 4.91 Å². The number of aryl methyl sites for hydroxylation is 1. The average molecular weight is 334 g/mol. The first-order valence-electron chi connectivity index (χ1n) is 6.81. The molecule has 122 valence electrons. The third-order valence-corrected chi connectivity index (χ3v) is 3.85. The quantitative estimate of drug-likeness (QED) is 0.601. The van der Waals surface area contributed by atoms with E-state index < -0.39 is 5.97 Å². The zero-order chi connectivity index (χ0) is 16.8. The molecule has 0 atom stereocenters. The number of rotatable bonds is 7. The summed E-state index contributed by atoms with van der Waals surface area (Å²) < 4.78 is 10.4. The number of carboxylic acids is 1. The van der Waals surface area contributed by atoms with Gasteiger partial charge >= 0.3 is 0 Å². The Hall–Kier alpha value is -2.48. The fourth-order valence-corrected chi connectivity index (χ4v) is 2.50. The number of methoxy groups -OCH3 is 2. The minimum atomic E-state index is -1.31. The van der Waals surface area contributed by atoms with Crippen molar-refractivity contribution >= 4 is 23.8 Å². The van der Waals surface area contributed by atoms with Gasteiger partial charge in [0.1, 0.15) is 17.3 Å². The van der Waals surface area contributed by atoms with Crippen LogP contribution < -0.4 is 14.6 Å². The topological polar surface area (TPSA) is 100 Å². The number of aliphatic carboxylic acids is 1. The standard InChI is InChI=1S/C15H17N3O4S/c1-4-13-16-15(18-17-13)23-12(14(19)20)7-9-5-6-10(21-2)8-11(9)22-3/h5-8H,4H2,1-3H3,(H,19,20)(H,16,17,18)/p-1/b12-7-. The smallest absolute Gasteiger partial charge is 0.213 e. The zero-order valence-electron chi connectivity index (χ0n) is 13.0. The van der Waals surface area contributed by atoms with Crippen molar-refractivity contribution in [2.45, 2.75) is 18.5 Å². The molecule has 1 N–H and O–H groups in total. The summed E-state index contributed by atoms with van der Waals surface area (Å²) in [5, 5.41) is 18.4. The average Bonchev–Trinajstić information content (AvgIpc) is 3.02. The molecule has 0 aliphatic carbocycles. The van der Waals surface area contributed by atoms with Crippen LogP contribution in [0.15, 0.2) is 28.3 Å². The van der Waals surface area contributed by atoms with Crippen LogP contribution in [0.25, 0.3) is 6.08 Å². The second-order valence-corrected chi connectivity index (χ2v) is 5.43. The Morgan fingerprint density at radius 3 is 2.74 bits per heavy atom. The predicted molar refractivity (Wildman–Crippen MR) is 84.1 cm³/mol. The lowest BCUT2D eigenvalue weighted by molar-refractivity contribution is -0.297. The Morgan fingerprint density at radius 2 is 2.17 bits per heavy atom. The molecule has 0 saturated heterocycles. The van der Waals surface area contributed by atoms with Crippen LogP contribution in [0.4, 0.5) is 0 Å². The van der Waals surface area contributed by atoms with Crippen LogP contribution >= 0.6 is 11.8 Å². The van der Waals surface area contributed by atoms with Crippen molar-refractivity contribution < 1.29 is 19.4 Å². The fourth-order valence-electron chi connectivity index (χ4n) is 1.79. The van der Waals surface area contributed by atoms with Crippen LogP contribution in [-0.2, 0) is 11.2 Å². The van der Waals surface area contributed by atoms with Gasteiger partial charge in [0.25, 0.3) is 0 Å². The van der Waals surface area contributed by atoms with Gasteiger partial charge in [-0.1, -0.05) is 6.92 Å². The van der Waals surface area contributed by atoms with Crippen LogP contribution in [0.1, 0.15) is 18.3 Å². The van der Waals surface area contributed by atoms with E-state index in [1.807, 2.05) is 6.92 Å². The fraction of sp³-hybridized carbons (Fsp3) is 0.267. The second kappa shape index (κ2) is 7.68. The Balaban J connectivity index is 2.33. The van der Waals surface area contributed by atoms with Crippen molar-refractivity contribution in [3.8, 4) is 11.5 Å². The van der Waals surface area contributed by atoms with Gasteiger partial charge in [-0.05, 0) is 30.0 Å². The third-order valence-electron chi connectivity index (χ3n) is 2.98. The third kappa shape index (κ3) is 4.26. The van der Waals surface area contributed by atoms with E-state index in [1.165, 1.54) is 13.2 Å². The number of ether oxygens (including phenoxy) is 2. The van der Waals surface area contributed by atoms with Crippen molar-refractivity contribution in [2.24, 2.45) is 0 Å². The van der Waals surface area contributed by atoms with E-state index in [9.17, 15) is 9.90 Å². The number of carboxylic acid groups (broad SMARTS) is 1. The summed E-state index contributed by atoms with van der Waals surface area (Å²) in [6.07, 6.45) is 2.14. The minimum absolute atomic E-state index is 0.0184. The van der Waals surface area contributed by atoms with Gasteiger partial charge in [0, 0.05) is 23.0 Å². The maximum atomic E-state index is 11.4. The number of H-pyrrole nitrogens is 1. The molecule has 0 unspecified atom stereocenters. The van der Waals surface area contributed by atoms with E-state index >= 15 is 0 Å². The summed E-state index contributed by atoms with van der Waals surface area (Å²) in [6, 6.07) is 5.09. The Labute approximate surface area is 137 Å². The van der Waals surface area contributed by atoms with Crippen LogP contribution in [0.2, 0.25) is 0 Å². The molecule has 8 heteroatoms. The molecule has 2 rings (SSSR count). The molecule has 7 nitrogen and oxygen atoms in total. The number of hydrogen-bond acceptors (Lipinski definition) is 7. The maximum Gasteiger partial charge on any atom is 0.213 e. The number of carbonyl (C=O) groups excluding carboxylic acids is 1. The highest BCUT2D eigenvalue weighted by molar-refractivity contribution is 8.04. The number of aromatic amines is 1. The first-order chi connectivity index (χ1) is 11.1. The zero-order valence-corrected chi connectivity index (χ0v) is 13.8. The Bertz CT molecular complexity index is 727. The monoisotopic (exact) mass is 334 g/mol. The summed E-state index contributed by atoms with van der Waals surface area (Å²) in [6.45, 7) is 1.92. The molecule has 2 aromatic rings. The molecule has 1 aromatic carbocycles. The number of aromatic nitrogens is 3. The SMILES string of the molecule is CCc1nc(S/C(=C\c2ccc(OC)cc2OC)C(=O)[O-])n[nH]1. The second-order valence-electron chi connectivity index (χ2n) is 4.42. The molecule has 1 aromatic heterocycles. The van der Waals surface area contributed by atoms with E-state index in [1.54, 1.807) is 25.3 Å². The summed E-state index contributed by atoms with van der Waals surface area (Å²) in [5.41, 5.74) is 0.589. The lowest BCUT2D eigenvalue weighted by Crippen LogP contribution is -2.23. The van der Waals surface area contributed by atoms with Gasteiger partial charge in [-0.3, -0.25) is 5.10 Å². The summed E-state index contributed by atoms with van der Waals surface area (Å²) in [5.74, 6) is 0.485. The molecule has 0 spiro atoms. The first kappa shape index (κ1) is 16.9. The Kier molecular flexibility index (Phi) is 5.64. The molecule has 1 heterocycles. The number of thioether (sulfide) groups is 1. The predicted octanol–water partition coefficient (Wildman–Crippen LogP) is 1.27. The molecule has 0 saturated carbocycles. The van der Waals surface area contributed by atoms with E-state index in [0.717, 1.165) is 11.8 Å². The van der Waals surface area contributed by atoms with E-state index in [4.69, 9.17) is 9.47 Å². The van der Waals surface area contributed by atoms with Gasteiger partial charge in [0.15, 0.2) is 0 Å². The molecule has 0 bridgehead atoms. The molecular weight excluding hydrogens is 318 g/mol. The minimum Gasteiger partial charge on any atom is -0.544 e. The molecule has 23 heavy (non-hydrogen) atoms. The highest BCUT2D eigenvalue weighted by atomic mass is 32.2. The van der Waals surface area contributed by atoms with Gasteiger partial charge in [-0.2, -0.15) is 0 Å². The van der Waals surface area contributed by atoms with Crippen molar-refractivity contribution in [1.29, 1.82) is 0 Å². The van der Waals surface area contributed by atoms with Gasteiger partial charge in [0.05, 0.1) is 20.2 Å². The summed E-state index contributed by atoms with van der Waals surface area (Å²) in [4.78, 5) is 15.5. The van der Waals surface area contributed by atoms with Crippen molar-refractivity contribution in [3.05, 3.63) is 34.5 Å². The normalized spacial score (nSPS) is 11.3. The molecule has 0 fully saturated rings. The van der Waals surface area contributed by atoms with Crippen LogP contribution in [0, 0.1) is 0 Å². The van der Waals surface area contributed by atoms with Crippen LogP contribution in [-0.4, -0.2) is 35.4 Å². The number of benzene rings is 1. The molecule has 0 aliphatic heterocycles. The highest BCUT2D eigenvalue weighted by Gasteiger charge is 2.10. The maximum absolute atomic E-state index is 11.4. The van der Waals surface area contributed by atoms with E-state index in [0.29, 0.717) is 34.5 Å². The first-order valence-corrected chi connectivity index (χ1v) is 7.63. The number of hydrogen-bond donors (Lipinski definition) is 1. The molecule has 0 radical (unpaired) electrons. The van der Waals surface area contributed by atoms with Crippen molar-refractivity contribution in [3.63, 3.8) is 0 Å². The van der Waals surface area contributed by atoms with Crippen molar-refractivity contribution in [1.82, 2.24) is 15.2 Å². The van der Waals surface area contributed by atoms with Crippen LogP contribution in [0.5, 0.6) is 11.5 Å². The van der Waals surface area contributed by atoms with Gasteiger partial charge < -0.3 is 19.4 Å². The molecular formula is C15H16N3O4S-. The Morgan fingerprint density at radius 1 is 1.39 bits per heavy atom. The molecule has 0 aliphatic rings. The lowest BCUT2D eigenvalue weighted by atomic mass is 10.1. The number of nitrogens with zero attached hydrogens (tertiary/aromatic N) is 2. The van der Waals surface area contributed by atoms with Crippen molar-refractivity contribution in [2.75, 3.05) is 14.2 Å². The number of nitrogens with one attached hydrogen (secondary N) is 1. The van der Waals surface area contributed by atoms with Crippen LogP contribution in [0.3, 0.4) is 0 Å². The summed E-state index contributed by atoms with van der Waals surface area (Å²) in [7, 11) is 3.04.